The molecule has 1 rings (SSSR count). The lowest BCUT2D eigenvalue weighted by Gasteiger charge is -2.30. The fourth-order valence-corrected chi connectivity index (χ4v) is 2.39. The molecule has 0 aliphatic heterocycles. The van der Waals surface area contributed by atoms with E-state index < -0.39 is 5.97 Å². The lowest BCUT2D eigenvalue weighted by atomic mass is 9.81. The normalized spacial score (nSPS) is 23.1. The maximum absolute atomic E-state index is 12.2. The molecule has 18 heavy (non-hydrogen) atoms. The van der Waals surface area contributed by atoms with Gasteiger partial charge in [0, 0.05) is 5.92 Å². The van der Waals surface area contributed by atoms with Crippen molar-refractivity contribution in [3.63, 3.8) is 0 Å². The Balaban J connectivity index is 2.56. The molecule has 5 heteroatoms. The van der Waals surface area contributed by atoms with E-state index >= 15 is 0 Å². The summed E-state index contributed by atoms with van der Waals surface area (Å²) < 4.78 is 0. The van der Waals surface area contributed by atoms with E-state index in [9.17, 15) is 9.59 Å². The van der Waals surface area contributed by atoms with Crippen LogP contribution in [0.1, 0.15) is 25.7 Å². The molecular formula is C13H20N2O3. The molecule has 0 unspecified atom stereocenters. The first-order valence-corrected chi connectivity index (χ1v) is 6.22. The molecule has 1 fully saturated rings. The van der Waals surface area contributed by atoms with Crippen molar-refractivity contribution in [3.05, 3.63) is 0 Å². The number of hydrogen-bond donors (Lipinski definition) is 2. The second kappa shape index (κ2) is 7.02. The van der Waals surface area contributed by atoms with Gasteiger partial charge in [-0.1, -0.05) is 5.92 Å². The highest BCUT2D eigenvalue weighted by atomic mass is 16.4. The average Bonchev–Trinajstić information content (AvgIpc) is 2.37. The van der Waals surface area contributed by atoms with Crippen LogP contribution >= 0.6 is 0 Å². The van der Waals surface area contributed by atoms with Gasteiger partial charge in [-0.25, -0.2) is 0 Å². The van der Waals surface area contributed by atoms with Gasteiger partial charge in [-0.3, -0.25) is 9.59 Å². The van der Waals surface area contributed by atoms with E-state index in [-0.39, 0.29) is 24.9 Å². The van der Waals surface area contributed by atoms with Gasteiger partial charge in [-0.15, -0.1) is 6.42 Å². The van der Waals surface area contributed by atoms with E-state index in [2.05, 4.69) is 5.92 Å². The molecule has 0 heterocycles. The smallest absolute Gasteiger partial charge is 0.323 e. The molecule has 0 aromatic carbocycles. The van der Waals surface area contributed by atoms with Crippen LogP contribution in [-0.2, 0) is 9.59 Å². The van der Waals surface area contributed by atoms with Crippen molar-refractivity contribution >= 4 is 11.9 Å². The summed E-state index contributed by atoms with van der Waals surface area (Å²) in [5.74, 6) is 1.57. The second-order valence-corrected chi connectivity index (χ2v) is 4.75. The summed E-state index contributed by atoms with van der Waals surface area (Å²) in [6.07, 6.45) is 8.59. The number of carboxylic acid groups (broad SMARTS) is 1. The third-order valence-corrected chi connectivity index (χ3v) is 3.45. The number of carbonyl (C=O) groups is 2. The van der Waals surface area contributed by atoms with Crippen molar-refractivity contribution in [3.8, 4) is 12.3 Å². The van der Waals surface area contributed by atoms with Gasteiger partial charge in [0.15, 0.2) is 0 Å². The lowest BCUT2D eigenvalue weighted by Crippen LogP contribution is -2.41. The van der Waals surface area contributed by atoms with E-state index in [4.69, 9.17) is 17.3 Å². The van der Waals surface area contributed by atoms with Crippen LogP contribution in [0.3, 0.4) is 0 Å². The van der Waals surface area contributed by atoms with E-state index in [0.717, 1.165) is 25.7 Å². The molecule has 100 valence electrons. The fourth-order valence-electron chi connectivity index (χ4n) is 2.39. The van der Waals surface area contributed by atoms with Crippen LogP contribution in [-0.4, -0.2) is 41.5 Å². The quantitative estimate of drug-likeness (QED) is 0.689. The first kappa shape index (κ1) is 14.5. The van der Waals surface area contributed by atoms with Crippen molar-refractivity contribution in [1.29, 1.82) is 0 Å². The Bertz CT molecular complexity index is 341. The third-order valence-electron chi connectivity index (χ3n) is 3.45. The number of carboxylic acids is 1. The zero-order chi connectivity index (χ0) is 13.5. The van der Waals surface area contributed by atoms with Crippen molar-refractivity contribution in [2.24, 2.45) is 17.6 Å². The zero-order valence-corrected chi connectivity index (χ0v) is 10.5. The maximum atomic E-state index is 12.2. The highest BCUT2D eigenvalue weighted by molar-refractivity contribution is 5.83. The van der Waals surface area contributed by atoms with Crippen molar-refractivity contribution < 1.29 is 14.7 Å². The van der Waals surface area contributed by atoms with Gasteiger partial charge < -0.3 is 15.7 Å². The molecule has 0 radical (unpaired) electrons. The molecule has 0 aromatic rings. The van der Waals surface area contributed by atoms with Gasteiger partial charge in [0.2, 0.25) is 5.91 Å². The molecule has 0 aromatic heterocycles. The fraction of sp³-hybridized carbons (Fsp3) is 0.692. The number of nitrogens with zero attached hydrogens (tertiary/aromatic N) is 1. The van der Waals surface area contributed by atoms with Crippen molar-refractivity contribution in [1.82, 2.24) is 4.90 Å². The van der Waals surface area contributed by atoms with Crippen LogP contribution < -0.4 is 5.73 Å². The van der Waals surface area contributed by atoms with Crippen molar-refractivity contribution in [2.75, 3.05) is 19.6 Å². The summed E-state index contributed by atoms with van der Waals surface area (Å²) in [4.78, 5) is 24.1. The average molecular weight is 252 g/mol. The summed E-state index contributed by atoms with van der Waals surface area (Å²) in [5.41, 5.74) is 5.60. The number of hydrogen-bond acceptors (Lipinski definition) is 3. The summed E-state index contributed by atoms with van der Waals surface area (Å²) in [6, 6.07) is 0. The lowest BCUT2D eigenvalue weighted by molar-refractivity contribution is -0.146. The van der Waals surface area contributed by atoms with Crippen LogP contribution in [0.2, 0.25) is 0 Å². The Hall–Kier alpha value is -1.54. The Kier molecular flexibility index (Phi) is 5.66. The maximum Gasteiger partial charge on any atom is 0.323 e. The van der Waals surface area contributed by atoms with E-state index in [1.165, 1.54) is 4.90 Å². The van der Waals surface area contributed by atoms with Crippen LogP contribution in [0.25, 0.3) is 0 Å². The highest BCUT2D eigenvalue weighted by Gasteiger charge is 2.29. The number of rotatable bonds is 5. The Morgan fingerprint density at radius 2 is 1.94 bits per heavy atom. The van der Waals surface area contributed by atoms with Gasteiger partial charge in [0.25, 0.3) is 0 Å². The van der Waals surface area contributed by atoms with E-state index in [1.807, 2.05) is 0 Å². The molecule has 1 aliphatic carbocycles. The number of terminal acetylenes is 1. The standard InChI is InChI=1S/C13H20N2O3/c1-2-7-15(9-12(16)17)13(18)11-5-3-10(8-14)4-6-11/h1,10-11H,3-9,14H2,(H,16,17). The monoisotopic (exact) mass is 252 g/mol. The third kappa shape index (κ3) is 4.04. The molecule has 0 spiro atoms. The minimum atomic E-state index is -1.03. The molecule has 1 amide bonds. The van der Waals surface area contributed by atoms with Gasteiger partial charge in [-0.05, 0) is 38.1 Å². The molecule has 0 saturated heterocycles. The number of amides is 1. The highest BCUT2D eigenvalue weighted by Crippen LogP contribution is 2.29. The van der Waals surface area contributed by atoms with Crippen molar-refractivity contribution in [2.45, 2.75) is 25.7 Å². The molecule has 0 atom stereocenters. The summed E-state index contributed by atoms with van der Waals surface area (Å²) >= 11 is 0. The molecule has 3 N–H and O–H groups in total. The predicted octanol–water partition coefficient (Wildman–Crippen LogP) is 0.298. The molecule has 1 aliphatic rings. The van der Waals surface area contributed by atoms with Gasteiger partial charge >= 0.3 is 5.97 Å². The first-order chi connectivity index (χ1) is 8.58. The Morgan fingerprint density at radius 3 is 2.39 bits per heavy atom. The van der Waals surface area contributed by atoms with Gasteiger partial charge in [-0.2, -0.15) is 0 Å². The summed E-state index contributed by atoms with van der Waals surface area (Å²) in [7, 11) is 0. The first-order valence-electron chi connectivity index (χ1n) is 6.22. The second-order valence-electron chi connectivity index (χ2n) is 4.75. The topological polar surface area (TPSA) is 83.6 Å². The number of aliphatic carboxylic acids is 1. The summed E-state index contributed by atoms with van der Waals surface area (Å²) in [5, 5.41) is 8.76. The SMILES string of the molecule is C#CCN(CC(=O)O)C(=O)C1CCC(CN)CC1. The minimum Gasteiger partial charge on any atom is -0.480 e. The van der Waals surface area contributed by atoms with E-state index in [1.54, 1.807) is 0 Å². The van der Waals surface area contributed by atoms with Crippen LogP contribution in [0.15, 0.2) is 0 Å². The van der Waals surface area contributed by atoms with Crippen LogP contribution in [0.5, 0.6) is 0 Å². The molecule has 1 saturated carbocycles. The van der Waals surface area contributed by atoms with Gasteiger partial charge in [0.1, 0.15) is 6.54 Å². The molecular weight excluding hydrogens is 232 g/mol. The largest absolute Gasteiger partial charge is 0.480 e. The molecule has 5 nitrogen and oxygen atoms in total. The predicted molar refractivity (Wildman–Crippen MR) is 67.6 cm³/mol. The zero-order valence-electron chi connectivity index (χ0n) is 10.5. The Morgan fingerprint density at radius 1 is 1.33 bits per heavy atom. The summed E-state index contributed by atoms with van der Waals surface area (Å²) in [6.45, 7) is 0.395. The minimum absolute atomic E-state index is 0.0575. The van der Waals surface area contributed by atoms with E-state index in [0.29, 0.717) is 12.5 Å². The number of carbonyl (C=O) groups excluding carboxylic acids is 1. The van der Waals surface area contributed by atoms with Crippen LogP contribution in [0.4, 0.5) is 0 Å². The Labute approximate surface area is 107 Å². The molecule has 0 bridgehead atoms. The number of nitrogens with two attached hydrogens (primary N) is 1. The van der Waals surface area contributed by atoms with Crippen LogP contribution in [0, 0.1) is 24.2 Å². The van der Waals surface area contributed by atoms with Gasteiger partial charge in [0.05, 0.1) is 6.54 Å².